The van der Waals surface area contributed by atoms with Crippen LogP contribution in [0.15, 0.2) is 80.1 Å². The molecule has 41 heavy (non-hydrogen) atoms. The lowest BCUT2D eigenvalue weighted by molar-refractivity contribution is -0.137. The molecule has 7 nitrogen and oxygen atoms in total. The Bertz CT molecular complexity index is 1450. The summed E-state index contributed by atoms with van der Waals surface area (Å²) >= 11 is 0. The second kappa shape index (κ2) is 13.6. The maximum absolute atomic E-state index is 12.9. The zero-order valence-electron chi connectivity index (χ0n) is 23.4. The van der Waals surface area contributed by atoms with Crippen LogP contribution in [0.4, 0.5) is 0 Å². The molecule has 1 atom stereocenters. The molecule has 3 aromatic carbocycles. The molecule has 0 spiro atoms. The van der Waals surface area contributed by atoms with Crippen LogP contribution in [0, 0.1) is 6.92 Å². The Morgan fingerprint density at radius 2 is 1.51 bits per heavy atom. The van der Waals surface area contributed by atoms with Gasteiger partial charge in [0.05, 0.1) is 30.6 Å². The smallest absolute Gasteiger partial charge is 0.343 e. The van der Waals surface area contributed by atoms with E-state index in [2.05, 4.69) is 33.1 Å². The lowest BCUT2D eigenvalue weighted by Crippen LogP contribution is -2.09. The molecule has 4 rings (SSSR count). The number of benzene rings is 3. The van der Waals surface area contributed by atoms with Crippen LogP contribution in [0.2, 0.25) is 0 Å². The SMILES string of the molecule is C=COC(=O)c1ccc(OC(=O)c2ccc3c(c2)C(C)c2c-3ccc(OCCCCCCOC(=O)C=C)c2C)cc1. The first kappa shape index (κ1) is 29.3. The Morgan fingerprint density at radius 3 is 2.22 bits per heavy atom. The maximum Gasteiger partial charge on any atom is 0.343 e. The van der Waals surface area contributed by atoms with Gasteiger partial charge in [0.1, 0.15) is 11.5 Å². The van der Waals surface area contributed by atoms with Gasteiger partial charge in [-0.2, -0.15) is 0 Å². The molecule has 1 aliphatic rings. The summed E-state index contributed by atoms with van der Waals surface area (Å²) in [6.07, 6.45) is 5.92. The van der Waals surface area contributed by atoms with E-state index in [1.165, 1.54) is 23.8 Å². The van der Waals surface area contributed by atoms with Gasteiger partial charge < -0.3 is 18.9 Å². The normalized spacial score (nSPS) is 13.0. The average molecular weight is 555 g/mol. The molecule has 0 aliphatic heterocycles. The molecule has 1 aliphatic carbocycles. The number of fused-ring (bicyclic) bond motifs is 3. The summed E-state index contributed by atoms with van der Waals surface area (Å²) in [7, 11) is 0. The third-order valence-corrected chi connectivity index (χ3v) is 7.14. The number of esters is 3. The Kier molecular flexibility index (Phi) is 9.74. The lowest BCUT2D eigenvalue weighted by Gasteiger charge is -2.15. The summed E-state index contributed by atoms with van der Waals surface area (Å²) in [5.74, 6) is -0.111. The summed E-state index contributed by atoms with van der Waals surface area (Å²) in [6, 6.07) is 15.9. The van der Waals surface area contributed by atoms with E-state index in [9.17, 15) is 14.4 Å². The quantitative estimate of drug-likeness (QED) is 0.0719. The molecule has 212 valence electrons. The maximum atomic E-state index is 12.9. The number of carbonyl (C=O) groups excluding carboxylic acids is 3. The van der Waals surface area contributed by atoms with Crippen LogP contribution in [-0.4, -0.2) is 31.1 Å². The van der Waals surface area contributed by atoms with Gasteiger partial charge in [-0.05, 0) is 103 Å². The van der Waals surface area contributed by atoms with Crippen molar-refractivity contribution in [3.05, 3.63) is 108 Å². The van der Waals surface area contributed by atoms with Crippen molar-refractivity contribution in [2.45, 2.75) is 45.4 Å². The summed E-state index contributed by atoms with van der Waals surface area (Å²) in [4.78, 5) is 35.8. The number of hydrogen-bond acceptors (Lipinski definition) is 7. The fourth-order valence-electron chi connectivity index (χ4n) is 5.05. The van der Waals surface area contributed by atoms with E-state index in [1.807, 2.05) is 18.2 Å². The predicted octanol–water partition coefficient (Wildman–Crippen LogP) is 7.32. The van der Waals surface area contributed by atoms with Crippen molar-refractivity contribution < 1.29 is 33.3 Å². The largest absolute Gasteiger partial charge is 0.493 e. The average Bonchev–Trinajstić information content (AvgIpc) is 3.27. The fraction of sp³-hybridized carbons (Fsp3) is 0.265. The summed E-state index contributed by atoms with van der Waals surface area (Å²) in [5.41, 5.74) is 6.39. The van der Waals surface area contributed by atoms with Crippen LogP contribution in [0.3, 0.4) is 0 Å². The second-order valence-electron chi connectivity index (χ2n) is 9.79. The second-order valence-corrected chi connectivity index (χ2v) is 9.79. The van der Waals surface area contributed by atoms with Crippen molar-refractivity contribution in [1.82, 2.24) is 0 Å². The van der Waals surface area contributed by atoms with E-state index in [0.29, 0.717) is 30.1 Å². The Labute approximate surface area is 240 Å². The van der Waals surface area contributed by atoms with Gasteiger partial charge in [-0.25, -0.2) is 14.4 Å². The van der Waals surface area contributed by atoms with Crippen molar-refractivity contribution in [2.24, 2.45) is 0 Å². The summed E-state index contributed by atoms with van der Waals surface area (Å²) in [5, 5.41) is 0. The molecule has 0 bridgehead atoms. The summed E-state index contributed by atoms with van der Waals surface area (Å²) < 4.78 is 21.4. The standard InChI is InChI=1S/C34H34O7/c1-5-31(35)40-20-10-8-7-9-19-39-30-18-17-28-27-16-13-25(21-29(27)22(3)32(28)23(30)4)34(37)41-26-14-11-24(12-15-26)33(36)38-6-2/h5-6,11-18,21-22H,1-2,7-10,19-20H2,3-4H3. The third-order valence-electron chi connectivity index (χ3n) is 7.14. The number of carbonyl (C=O) groups is 3. The molecule has 0 N–H and O–H groups in total. The van der Waals surface area contributed by atoms with Crippen LogP contribution < -0.4 is 9.47 Å². The molecule has 0 radical (unpaired) electrons. The van der Waals surface area contributed by atoms with Gasteiger partial charge in [-0.15, -0.1) is 0 Å². The minimum absolute atomic E-state index is 0.0877. The van der Waals surface area contributed by atoms with Gasteiger partial charge in [0.25, 0.3) is 0 Å². The molecular formula is C34H34O7. The van der Waals surface area contributed by atoms with Crippen LogP contribution in [-0.2, 0) is 14.3 Å². The van der Waals surface area contributed by atoms with E-state index in [0.717, 1.165) is 59.9 Å². The van der Waals surface area contributed by atoms with Crippen molar-refractivity contribution in [2.75, 3.05) is 13.2 Å². The number of hydrogen-bond donors (Lipinski definition) is 0. The van der Waals surface area contributed by atoms with E-state index < -0.39 is 11.9 Å². The fourth-order valence-corrected chi connectivity index (χ4v) is 5.05. The van der Waals surface area contributed by atoms with Gasteiger partial charge in [0.2, 0.25) is 0 Å². The molecule has 0 saturated carbocycles. The van der Waals surface area contributed by atoms with Gasteiger partial charge in [-0.1, -0.05) is 32.2 Å². The van der Waals surface area contributed by atoms with Crippen LogP contribution in [0.1, 0.15) is 75.9 Å². The van der Waals surface area contributed by atoms with Gasteiger partial charge in [0.15, 0.2) is 0 Å². The highest BCUT2D eigenvalue weighted by Crippen LogP contribution is 2.48. The van der Waals surface area contributed by atoms with Crippen LogP contribution >= 0.6 is 0 Å². The Morgan fingerprint density at radius 1 is 0.829 bits per heavy atom. The first-order valence-electron chi connectivity index (χ1n) is 13.7. The van der Waals surface area contributed by atoms with Crippen LogP contribution in [0.25, 0.3) is 11.1 Å². The molecule has 0 amide bonds. The minimum Gasteiger partial charge on any atom is -0.493 e. The van der Waals surface area contributed by atoms with E-state index in [1.54, 1.807) is 18.2 Å². The van der Waals surface area contributed by atoms with E-state index in [-0.39, 0.29) is 11.9 Å². The highest BCUT2D eigenvalue weighted by Gasteiger charge is 2.29. The monoisotopic (exact) mass is 554 g/mol. The zero-order chi connectivity index (χ0) is 29.4. The van der Waals surface area contributed by atoms with Crippen molar-refractivity contribution in [3.63, 3.8) is 0 Å². The number of unbranched alkanes of at least 4 members (excludes halogenated alkanes) is 3. The predicted molar refractivity (Wildman–Crippen MR) is 156 cm³/mol. The van der Waals surface area contributed by atoms with Crippen molar-refractivity contribution >= 4 is 17.9 Å². The molecular weight excluding hydrogens is 520 g/mol. The highest BCUT2D eigenvalue weighted by atomic mass is 16.5. The van der Waals surface area contributed by atoms with Crippen molar-refractivity contribution in [3.8, 4) is 22.6 Å². The molecule has 0 saturated heterocycles. The van der Waals surface area contributed by atoms with E-state index >= 15 is 0 Å². The first-order valence-corrected chi connectivity index (χ1v) is 13.7. The summed E-state index contributed by atoms with van der Waals surface area (Å²) in [6.45, 7) is 12.0. The van der Waals surface area contributed by atoms with Gasteiger partial charge in [0, 0.05) is 12.0 Å². The molecule has 0 fully saturated rings. The molecule has 0 heterocycles. The molecule has 3 aromatic rings. The molecule has 7 heteroatoms. The van der Waals surface area contributed by atoms with Gasteiger partial charge in [-0.3, -0.25) is 0 Å². The van der Waals surface area contributed by atoms with Crippen molar-refractivity contribution in [1.29, 1.82) is 0 Å². The number of ether oxygens (including phenoxy) is 4. The Balaban J connectivity index is 1.35. The van der Waals surface area contributed by atoms with Crippen LogP contribution in [0.5, 0.6) is 11.5 Å². The zero-order valence-corrected chi connectivity index (χ0v) is 23.4. The third kappa shape index (κ3) is 6.92. The number of rotatable bonds is 13. The highest BCUT2D eigenvalue weighted by molar-refractivity contribution is 5.94. The molecule has 1 unspecified atom stereocenters. The first-order chi connectivity index (χ1) is 19.8. The van der Waals surface area contributed by atoms with Gasteiger partial charge >= 0.3 is 17.9 Å². The van der Waals surface area contributed by atoms with E-state index in [4.69, 9.17) is 18.9 Å². The lowest BCUT2D eigenvalue weighted by atomic mass is 9.94. The Hall–Kier alpha value is -4.65. The topological polar surface area (TPSA) is 88.1 Å². The molecule has 0 aromatic heterocycles. The minimum atomic E-state index is -0.533.